The SMILES string of the molecule is Cc1cc(-c2cnn3c(NCC4CCCCC4)cc(NC4CCOCC4)nc23)ccc1C(=O)NC1CC1. The van der Waals surface area contributed by atoms with Crippen LogP contribution in [0.25, 0.3) is 16.8 Å². The summed E-state index contributed by atoms with van der Waals surface area (Å²) in [5.74, 6) is 2.55. The minimum absolute atomic E-state index is 0.0154. The van der Waals surface area contributed by atoms with Crippen LogP contribution in [0.3, 0.4) is 0 Å². The van der Waals surface area contributed by atoms with Crippen LogP contribution in [0.15, 0.2) is 30.5 Å². The number of rotatable bonds is 8. The highest BCUT2D eigenvalue weighted by Gasteiger charge is 2.25. The summed E-state index contributed by atoms with van der Waals surface area (Å²) in [5, 5.41) is 15.2. The molecule has 3 aliphatic rings. The third kappa shape index (κ3) is 5.59. The van der Waals surface area contributed by atoms with Gasteiger partial charge in [-0.1, -0.05) is 31.4 Å². The molecule has 0 spiro atoms. The molecule has 1 amide bonds. The monoisotopic (exact) mass is 502 g/mol. The highest BCUT2D eigenvalue weighted by atomic mass is 16.5. The second kappa shape index (κ2) is 10.7. The number of carbonyl (C=O) groups is 1. The minimum Gasteiger partial charge on any atom is -0.381 e. The number of nitrogens with zero attached hydrogens (tertiary/aromatic N) is 3. The van der Waals surface area contributed by atoms with E-state index >= 15 is 0 Å². The van der Waals surface area contributed by atoms with Crippen LogP contribution in [-0.4, -0.2) is 52.3 Å². The maximum absolute atomic E-state index is 12.6. The molecule has 37 heavy (non-hydrogen) atoms. The van der Waals surface area contributed by atoms with E-state index in [0.29, 0.717) is 18.0 Å². The number of ether oxygens (including phenoxy) is 1. The molecular formula is C29H38N6O2. The summed E-state index contributed by atoms with van der Waals surface area (Å²) in [6.07, 6.45) is 12.6. The van der Waals surface area contributed by atoms with Gasteiger partial charge in [-0.25, -0.2) is 4.98 Å². The number of fused-ring (bicyclic) bond motifs is 1. The quantitative estimate of drug-likeness (QED) is 0.393. The Morgan fingerprint density at radius 1 is 1.03 bits per heavy atom. The number of carbonyl (C=O) groups excluding carboxylic acids is 1. The van der Waals surface area contributed by atoms with Crippen LogP contribution in [-0.2, 0) is 4.74 Å². The fourth-order valence-electron chi connectivity index (χ4n) is 5.63. The van der Waals surface area contributed by atoms with Crippen LogP contribution >= 0.6 is 0 Å². The van der Waals surface area contributed by atoms with E-state index in [1.54, 1.807) is 0 Å². The van der Waals surface area contributed by atoms with Crippen LogP contribution in [0.4, 0.5) is 11.6 Å². The van der Waals surface area contributed by atoms with Gasteiger partial charge in [-0.3, -0.25) is 4.79 Å². The summed E-state index contributed by atoms with van der Waals surface area (Å²) >= 11 is 0. The molecule has 8 nitrogen and oxygen atoms in total. The van der Waals surface area contributed by atoms with Gasteiger partial charge in [0.05, 0.1) is 6.20 Å². The Morgan fingerprint density at radius 2 is 1.84 bits per heavy atom. The predicted octanol–water partition coefficient (Wildman–Crippen LogP) is 5.18. The van der Waals surface area contributed by atoms with E-state index in [-0.39, 0.29) is 5.91 Å². The fraction of sp³-hybridized carbons (Fsp3) is 0.552. The molecular weight excluding hydrogens is 464 g/mol. The molecule has 1 saturated heterocycles. The van der Waals surface area contributed by atoms with Crippen LogP contribution in [0.2, 0.25) is 0 Å². The molecule has 6 rings (SSSR count). The van der Waals surface area contributed by atoms with Crippen molar-refractivity contribution >= 4 is 23.2 Å². The number of hydrogen-bond acceptors (Lipinski definition) is 6. The van der Waals surface area contributed by atoms with E-state index < -0.39 is 0 Å². The van der Waals surface area contributed by atoms with Crippen LogP contribution in [0.5, 0.6) is 0 Å². The van der Waals surface area contributed by atoms with Crippen molar-refractivity contribution in [2.24, 2.45) is 5.92 Å². The molecule has 2 aromatic heterocycles. The topological polar surface area (TPSA) is 92.6 Å². The third-order valence-electron chi connectivity index (χ3n) is 8.04. The van der Waals surface area contributed by atoms with Crippen molar-refractivity contribution in [3.8, 4) is 11.1 Å². The minimum atomic E-state index is 0.0154. The zero-order valence-electron chi connectivity index (χ0n) is 21.8. The molecule has 1 aliphatic heterocycles. The van der Waals surface area contributed by atoms with Crippen LogP contribution in [0.1, 0.15) is 73.7 Å². The largest absolute Gasteiger partial charge is 0.381 e. The third-order valence-corrected chi connectivity index (χ3v) is 8.04. The van der Waals surface area contributed by atoms with Crippen molar-refractivity contribution in [2.75, 3.05) is 30.4 Å². The molecule has 2 saturated carbocycles. The normalized spacial score (nSPS) is 19.2. The average molecular weight is 503 g/mol. The first-order chi connectivity index (χ1) is 18.1. The summed E-state index contributed by atoms with van der Waals surface area (Å²) in [5.41, 5.74) is 4.50. The molecule has 3 heterocycles. The standard InChI is InChI=1S/C29H38N6O2/c1-19-15-21(7-10-24(19)29(36)33-22-8-9-22)25-18-31-35-27(30-17-20-5-3-2-4-6-20)16-26(34-28(25)35)32-23-11-13-37-14-12-23/h7,10,15-16,18,20,22-23,30H,2-6,8-9,11-14,17H2,1H3,(H,32,34)(H,33,36). The van der Waals surface area contributed by atoms with E-state index in [2.05, 4.69) is 28.1 Å². The highest BCUT2D eigenvalue weighted by Crippen LogP contribution is 2.30. The number of aryl methyl sites for hydroxylation is 1. The van der Waals surface area contributed by atoms with Gasteiger partial charge in [0.2, 0.25) is 0 Å². The molecule has 1 aromatic carbocycles. The maximum atomic E-state index is 12.6. The predicted molar refractivity (Wildman–Crippen MR) is 146 cm³/mol. The lowest BCUT2D eigenvalue weighted by atomic mass is 9.89. The van der Waals surface area contributed by atoms with Gasteiger partial charge < -0.3 is 20.7 Å². The lowest BCUT2D eigenvalue weighted by molar-refractivity contribution is 0.0903. The molecule has 0 radical (unpaired) electrons. The number of amides is 1. The van der Waals surface area contributed by atoms with Gasteiger partial charge in [0.1, 0.15) is 11.6 Å². The number of anilines is 2. The van der Waals surface area contributed by atoms with E-state index in [0.717, 1.165) is 85.0 Å². The van der Waals surface area contributed by atoms with E-state index in [1.165, 1.54) is 32.1 Å². The van der Waals surface area contributed by atoms with Gasteiger partial charge in [0.15, 0.2) is 5.65 Å². The molecule has 2 aliphatic carbocycles. The second-order valence-corrected chi connectivity index (χ2v) is 11.0. The van der Waals surface area contributed by atoms with Gasteiger partial charge in [0.25, 0.3) is 5.91 Å². The van der Waals surface area contributed by atoms with Gasteiger partial charge >= 0.3 is 0 Å². The van der Waals surface area contributed by atoms with Gasteiger partial charge in [0, 0.05) is 49.0 Å². The zero-order valence-corrected chi connectivity index (χ0v) is 21.8. The van der Waals surface area contributed by atoms with Crippen LogP contribution in [0, 0.1) is 12.8 Å². The molecule has 0 bridgehead atoms. The molecule has 3 aromatic rings. The second-order valence-electron chi connectivity index (χ2n) is 11.0. The Morgan fingerprint density at radius 3 is 2.59 bits per heavy atom. The Hall–Kier alpha value is -3.13. The Labute approximate surface area is 218 Å². The van der Waals surface area contributed by atoms with E-state index in [1.807, 2.05) is 29.8 Å². The Kier molecular flexibility index (Phi) is 7.00. The smallest absolute Gasteiger partial charge is 0.251 e. The van der Waals surface area contributed by atoms with E-state index in [9.17, 15) is 4.79 Å². The van der Waals surface area contributed by atoms with Gasteiger partial charge in [-0.15, -0.1) is 0 Å². The molecule has 3 N–H and O–H groups in total. The van der Waals surface area contributed by atoms with Gasteiger partial charge in [-0.2, -0.15) is 9.61 Å². The molecule has 8 heteroatoms. The summed E-state index contributed by atoms with van der Waals surface area (Å²) in [6, 6.07) is 8.82. The molecule has 0 unspecified atom stereocenters. The summed E-state index contributed by atoms with van der Waals surface area (Å²) < 4.78 is 7.48. The van der Waals surface area contributed by atoms with Crippen molar-refractivity contribution in [3.63, 3.8) is 0 Å². The Bertz CT molecular complexity index is 1250. The van der Waals surface area contributed by atoms with E-state index in [4.69, 9.17) is 14.8 Å². The van der Waals surface area contributed by atoms with Gasteiger partial charge in [-0.05, 0) is 68.6 Å². The highest BCUT2D eigenvalue weighted by molar-refractivity contribution is 5.97. The first-order valence-electron chi connectivity index (χ1n) is 14.0. The maximum Gasteiger partial charge on any atom is 0.251 e. The van der Waals surface area contributed by atoms with Crippen LogP contribution < -0.4 is 16.0 Å². The number of nitrogens with one attached hydrogen (secondary N) is 3. The molecule has 0 atom stereocenters. The summed E-state index contributed by atoms with van der Waals surface area (Å²) in [4.78, 5) is 17.7. The van der Waals surface area contributed by atoms with Crippen molar-refractivity contribution in [1.82, 2.24) is 19.9 Å². The van der Waals surface area contributed by atoms with Crippen molar-refractivity contribution < 1.29 is 9.53 Å². The summed E-state index contributed by atoms with van der Waals surface area (Å²) in [7, 11) is 0. The number of aromatic nitrogens is 3. The van der Waals surface area contributed by atoms with Crippen molar-refractivity contribution in [3.05, 3.63) is 41.6 Å². The first-order valence-corrected chi connectivity index (χ1v) is 14.0. The van der Waals surface area contributed by atoms with Crippen molar-refractivity contribution in [1.29, 1.82) is 0 Å². The zero-order chi connectivity index (χ0) is 25.2. The fourth-order valence-corrected chi connectivity index (χ4v) is 5.63. The number of hydrogen-bond donors (Lipinski definition) is 3. The summed E-state index contributed by atoms with van der Waals surface area (Å²) in [6.45, 7) is 4.52. The first kappa shape index (κ1) is 24.2. The molecule has 196 valence electrons. The number of benzene rings is 1. The Balaban J connectivity index is 1.31. The van der Waals surface area contributed by atoms with Crippen molar-refractivity contribution in [2.45, 2.75) is 76.8 Å². The average Bonchev–Trinajstić information content (AvgIpc) is 3.63. The lowest BCUT2D eigenvalue weighted by Crippen LogP contribution is -2.28. The lowest BCUT2D eigenvalue weighted by Gasteiger charge is -2.25. The molecule has 3 fully saturated rings.